The first-order chi connectivity index (χ1) is 12.7. The Labute approximate surface area is 159 Å². The van der Waals surface area contributed by atoms with E-state index in [1.165, 1.54) is 18.7 Å². The molecule has 2 aromatic carbocycles. The molecule has 0 spiro atoms. The van der Waals surface area contributed by atoms with Crippen molar-refractivity contribution in [2.45, 2.75) is 31.8 Å². The van der Waals surface area contributed by atoms with Gasteiger partial charge < -0.3 is 10.1 Å². The minimum atomic E-state index is -1.69. The van der Waals surface area contributed by atoms with Crippen molar-refractivity contribution in [2.75, 3.05) is 11.1 Å². The van der Waals surface area contributed by atoms with Crippen LogP contribution in [-0.4, -0.2) is 23.7 Å². The lowest BCUT2D eigenvalue weighted by molar-refractivity contribution is -0.150. The van der Waals surface area contributed by atoms with Crippen molar-refractivity contribution in [3.8, 4) is 0 Å². The molecule has 1 atom stereocenters. The molecule has 4 nitrogen and oxygen atoms in total. The van der Waals surface area contributed by atoms with Crippen molar-refractivity contribution in [3.63, 3.8) is 0 Å². The first-order valence-corrected chi connectivity index (χ1v) is 9.01. The Morgan fingerprint density at radius 1 is 1.07 bits per heavy atom. The van der Waals surface area contributed by atoms with Gasteiger partial charge in [-0.15, -0.1) is 11.8 Å². The van der Waals surface area contributed by atoms with Gasteiger partial charge in [0, 0.05) is 4.90 Å². The molecule has 0 saturated carbocycles. The average molecular weight is 397 g/mol. The first kappa shape index (κ1) is 20.8. The van der Waals surface area contributed by atoms with Gasteiger partial charge in [0.15, 0.2) is 23.6 Å². The van der Waals surface area contributed by atoms with Crippen molar-refractivity contribution in [1.82, 2.24) is 0 Å². The number of halogens is 3. The Morgan fingerprint density at radius 2 is 1.78 bits per heavy atom. The number of carbonyl (C=O) groups excluding carboxylic acids is 2. The van der Waals surface area contributed by atoms with E-state index < -0.39 is 41.1 Å². The molecule has 27 heavy (non-hydrogen) atoms. The molecule has 0 aliphatic heterocycles. The molecule has 8 heteroatoms. The zero-order valence-corrected chi connectivity index (χ0v) is 15.8. The number of esters is 1. The lowest BCUT2D eigenvalue weighted by Gasteiger charge is -2.14. The molecule has 0 heterocycles. The van der Waals surface area contributed by atoms with Gasteiger partial charge in [-0.2, -0.15) is 0 Å². The quantitative estimate of drug-likeness (QED) is 0.446. The predicted octanol–water partition coefficient (Wildman–Crippen LogP) is 4.38. The molecule has 0 fully saturated rings. The van der Waals surface area contributed by atoms with Crippen LogP contribution in [0, 0.1) is 31.3 Å². The topological polar surface area (TPSA) is 55.4 Å². The van der Waals surface area contributed by atoms with Gasteiger partial charge in [0.05, 0.1) is 11.4 Å². The summed E-state index contributed by atoms with van der Waals surface area (Å²) in [5, 5.41) is 2.07. The van der Waals surface area contributed by atoms with E-state index >= 15 is 0 Å². The molecule has 2 aromatic rings. The number of ether oxygens (including phenoxy) is 1. The summed E-state index contributed by atoms with van der Waals surface area (Å²) < 4.78 is 44.6. The maximum Gasteiger partial charge on any atom is 0.317 e. The molecule has 144 valence electrons. The summed E-state index contributed by atoms with van der Waals surface area (Å²) in [5.41, 5.74) is 1.69. The van der Waals surface area contributed by atoms with Crippen LogP contribution < -0.4 is 5.32 Å². The van der Waals surface area contributed by atoms with Crippen molar-refractivity contribution in [2.24, 2.45) is 0 Å². The number of amides is 1. The minimum absolute atomic E-state index is 0.0142. The monoisotopic (exact) mass is 397 g/mol. The zero-order valence-electron chi connectivity index (χ0n) is 14.9. The SMILES string of the molecule is Cc1ccc(SCC(=O)O[C@@H](C)C(=O)Nc2ccc(F)c(F)c2F)cc1C. The van der Waals surface area contributed by atoms with E-state index in [4.69, 9.17) is 4.74 Å². The molecule has 0 aliphatic rings. The predicted molar refractivity (Wildman–Crippen MR) is 97.1 cm³/mol. The van der Waals surface area contributed by atoms with Gasteiger partial charge in [-0.05, 0) is 56.2 Å². The Kier molecular flexibility index (Phi) is 6.90. The number of anilines is 1. The van der Waals surface area contributed by atoms with Crippen molar-refractivity contribution >= 4 is 29.3 Å². The Hall–Kier alpha value is -2.48. The Bertz CT molecular complexity index is 874. The van der Waals surface area contributed by atoms with E-state index in [-0.39, 0.29) is 5.75 Å². The number of hydrogen-bond acceptors (Lipinski definition) is 4. The Balaban J connectivity index is 1.89. The van der Waals surface area contributed by atoms with Crippen LogP contribution >= 0.6 is 11.8 Å². The fourth-order valence-corrected chi connectivity index (χ4v) is 2.86. The smallest absolute Gasteiger partial charge is 0.317 e. The number of thioether (sulfide) groups is 1. The van der Waals surface area contributed by atoms with Crippen LogP contribution in [0.4, 0.5) is 18.9 Å². The fraction of sp³-hybridized carbons (Fsp3) is 0.263. The van der Waals surface area contributed by atoms with Gasteiger partial charge in [-0.25, -0.2) is 13.2 Å². The number of benzene rings is 2. The van der Waals surface area contributed by atoms with Gasteiger partial charge in [0.25, 0.3) is 5.91 Å². The second-order valence-electron chi connectivity index (χ2n) is 5.88. The van der Waals surface area contributed by atoms with Gasteiger partial charge >= 0.3 is 5.97 Å². The molecule has 1 amide bonds. The third-order valence-corrected chi connectivity index (χ3v) is 4.77. The maximum atomic E-state index is 13.6. The number of hydrogen-bond donors (Lipinski definition) is 1. The Morgan fingerprint density at radius 3 is 2.44 bits per heavy atom. The molecule has 0 unspecified atom stereocenters. The molecule has 0 aliphatic carbocycles. The number of carbonyl (C=O) groups is 2. The molecule has 2 rings (SSSR count). The first-order valence-electron chi connectivity index (χ1n) is 8.03. The average Bonchev–Trinajstić information content (AvgIpc) is 2.63. The van der Waals surface area contributed by atoms with Crippen LogP contribution in [0.2, 0.25) is 0 Å². The molecule has 0 radical (unpaired) electrons. The lowest BCUT2D eigenvalue weighted by Crippen LogP contribution is -2.31. The maximum absolute atomic E-state index is 13.6. The van der Waals surface area contributed by atoms with E-state index in [0.717, 1.165) is 22.1 Å². The van der Waals surface area contributed by atoms with E-state index in [0.29, 0.717) is 6.07 Å². The third kappa shape index (κ3) is 5.50. The second-order valence-corrected chi connectivity index (χ2v) is 6.93. The van der Waals surface area contributed by atoms with Crippen LogP contribution in [0.1, 0.15) is 18.1 Å². The molecular weight excluding hydrogens is 379 g/mol. The van der Waals surface area contributed by atoms with Crippen molar-refractivity contribution in [1.29, 1.82) is 0 Å². The summed E-state index contributed by atoms with van der Waals surface area (Å²) in [5.74, 6) is -6.08. The largest absolute Gasteiger partial charge is 0.452 e. The van der Waals surface area contributed by atoms with Crippen molar-refractivity contribution < 1.29 is 27.5 Å². The third-order valence-electron chi connectivity index (χ3n) is 3.81. The highest BCUT2D eigenvalue weighted by atomic mass is 32.2. The normalized spacial score (nSPS) is 11.8. The molecule has 0 bridgehead atoms. The van der Waals surface area contributed by atoms with Crippen LogP contribution in [0.25, 0.3) is 0 Å². The minimum Gasteiger partial charge on any atom is -0.452 e. The summed E-state index contributed by atoms with van der Waals surface area (Å²) in [6.07, 6.45) is -1.23. The van der Waals surface area contributed by atoms with E-state index in [1.807, 2.05) is 32.0 Å². The summed E-state index contributed by atoms with van der Waals surface area (Å²) in [7, 11) is 0. The van der Waals surface area contributed by atoms with E-state index in [1.54, 1.807) is 0 Å². The van der Waals surface area contributed by atoms with Gasteiger partial charge in [0.1, 0.15) is 0 Å². The van der Waals surface area contributed by atoms with Gasteiger partial charge in [0.2, 0.25) is 0 Å². The highest BCUT2D eigenvalue weighted by molar-refractivity contribution is 8.00. The zero-order chi connectivity index (χ0) is 20.1. The standard InChI is InChI=1S/C19H18F3NO3S/c1-10-4-5-13(8-11(10)2)27-9-16(24)26-12(3)19(25)23-15-7-6-14(20)17(21)18(15)22/h4-8,12H,9H2,1-3H3,(H,23,25)/t12-/m0/s1. The molecular formula is C19H18F3NO3S. The molecule has 1 N–H and O–H groups in total. The van der Waals surface area contributed by atoms with Gasteiger partial charge in [-0.1, -0.05) is 6.07 Å². The molecule has 0 aromatic heterocycles. The summed E-state index contributed by atoms with van der Waals surface area (Å²) in [6.45, 7) is 5.24. The van der Waals surface area contributed by atoms with Crippen LogP contribution in [0.15, 0.2) is 35.2 Å². The highest BCUT2D eigenvalue weighted by Crippen LogP contribution is 2.22. The fourth-order valence-electron chi connectivity index (χ4n) is 2.09. The highest BCUT2D eigenvalue weighted by Gasteiger charge is 2.21. The van der Waals surface area contributed by atoms with Crippen LogP contribution in [0.3, 0.4) is 0 Å². The summed E-state index contributed by atoms with van der Waals surface area (Å²) >= 11 is 1.26. The second kappa shape index (κ2) is 8.94. The number of rotatable bonds is 6. The summed E-state index contributed by atoms with van der Waals surface area (Å²) in [6, 6.07) is 7.33. The van der Waals surface area contributed by atoms with Crippen molar-refractivity contribution in [3.05, 3.63) is 58.9 Å². The van der Waals surface area contributed by atoms with E-state index in [9.17, 15) is 22.8 Å². The summed E-state index contributed by atoms with van der Waals surface area (Å²) in [4.78, 5) is 24.8. The number of nitrogens with one attached hydrogen (secondary N) is 1. The molecule has 0 saturated heterocycles. The van der Waals surface area contributed by atoms with Crippen LogP contribution in [0.5, 0.6) is 0 Å². The van der Waals surface area contributed by atoms with E-state index in [2.05, 4.69) is 5.32 Å². The van der Waals surface area contributed by atoms with Crippen LogP contribution in [-0.2, 0) is 14.3 Å². The lowest BCUT2D eigenvalue weighted by atomic mass is 10.1. The van der Waals surface area contributed by atoms with Gasteiger partial charge in [-0.3, -0.25) is 9.59 Å². The number of aryl methyl sites for hydroxylation is 2.